The Labute approximate surface area is 117 Å². The van der Waals surface area contributed by atoms with Crippen LogP contribution in [-0.4, -0.2) is 27.8 Å². The van der Waals surface area contributed by atoms with E-state index in [2.05, 4.69) is 5.32 Å². The monoisotopic (exact) mass is 277 g/mol. The van der Waals surface area contributed by atoms with Crippen molar-refractivity contribution in [2.75, 3.05) is 11.9 Å². The molecule has 6 heteroatoms. The highest BCUT2D eigenvalue weighted by Gasteiger charge is 2.14. The zero-order chi connectivity index (χ0) is 14.9. The van der Waals surface area contributed by atoms with Crippen LogP contribution in [0.25, 0.3) is 11.0 Å². The van der Waals surface area contributed by atoms with Gasteiger partial charge in [0.1, 0.15) is 6.04 Å². The van der Waals surface area contributed by atoms with Gasteiger partial charge in [0.15, 0.2) is 0 Å². The van der Waals surface area contributed by atoms with E-state index in [0.717, 1.165) is 16.7 Å². The van der Waals surface area contributed by atoms with E-state index >= 15 is 0 Å². The second-order valence-electron chi connectivity index (χ2n) is 4.72. The average Bonchev–Trinajstić information content (AvgIpc) is 2.64. The number of ether oxygens (including phenoxy) is 1. The van der Waals surface area contributed by atoms with Gasteiger partial charge in [-0.15, -0.1) is 0 Å². The van der Waals surface area contributed by atoms with Crippen molar-refractivity contribution in [1.29, 1.82) is 0 Å². The van der Waals surface area contributed by atoms with Crippen LogP contribution in [0, 0.1) is 0 Å². The van der Waals surface area contributed by atoms with Crippen LogP contribution < -0.4 is 11.0 Å². The zero-order valence-corrected chi connectivity index (χ0v) is 12.1. The topological polar surface area (TPSA) is 65.3 Å². The Kier molecular flexibility index (Phi) is 3.83. The van der Waals surface area contributed by atoms with E-state index in [1.54, 1.807) is 37.1 Å². The van der Waals surface area contributed by atoms with Gasteiger partial charge in [0.05, 0.1) is 17.6 Å². The Morgan fingerprint density at radius 3 is 2.60 bits per heavy atom. The van der Waals surface area contributed by atoms with Gasteiger partial charge >= 0.3 is 11.7 Å². The van der Waals surface area contributed by atoms with Gasteiger partial charge in [0.2, 0.25) is 0 Å². The molecule has 0 radical (unpaired) electrons. The lowest BCUT2D eigenvalue weighted by molar-refractivity contribution is -0.143. The second-order valence-corrected chi connectivity index (χ2v) is 4.72. The molecule has 0 bridgehead atoms. The molecule has 0 saturated carbocycles. The molecule has 0 saturated heterocycles. The molecule has 1 aromatic carbocycles. The molecule has 0 aliphatic heterocycles. The van der Waals surface area contributed by atoms with E-state index in [1.165, 1.54) is 0 Å². The van der Waals surface area contributed by atoms with Crippen molar-refractivity contribution in [3.05, 3.63) is 28.7 Å². The summed E-state index contributed by atoms with van der Waals surface area (Å²) in [4.78, 5) is 23.4. The van der Waals surface area contributed by atoms with Crippen molar-refractivity contribution in [2.45, 2.75) is 19.9 Å². The molecule has 1 aromatic heterocycles. The molecule has 6 nitrogen and oxygen atoms in total. The maximum atomic E-state index is 11.8. The Bertz CT molecular complexity index is 699. The lowest BCUT2D eigenvalue weighted by Crippen LogP contribution is -2.28. The Hall–Kier alpha value is -2.24. The summed E-state index contributed by atoms with van der Waals surface area (Å²) in [6.45, 7) is 3.87. The largest absolute Gasteiger partial charge is 0.464 e. The first-order valence-corrected chi connectivity index (χ1v) is 6.54. The third-order valence-electron chi connectivity index (χ3n) is 3.30. The number of imidazole rings is 1. The van der Waals surface area contributed by atoms with Gasteiger partial charge in [-0.3, -0.25) is 9.13 Å². The predicted octanol–water partition coefficient (Wildman–Crippen LogP) is 1.24. The molecule has 0 aliphatic rings. The number of fused-ring (bicyclic) bond motifs is 1. The summed E-state index contributed by atoms with van der Waals surface area (Å²) in [7, 11) is 3.46. The van der Waals surface area contributed by atoms with Gasteiger partial charge in [-0.1, -0.05) is 0 Å². The summed E-state index contributed by atoms with van der Waals surface area (Å²) in [5, 5.41) is 3.08. The van der Waals surface area contributed by atoms with E-state index in [-0.39, 0.29) is 11.7 Å². The van der Waals surface area contributed by atoms with Crippen LogP contribution in [0.4, 0.5) is 5.69 Å². The number of esters is 1. The second kappa shape index (κ2) is 5.40. The number of anilines is 1. The number of carbonyl (C=O) groups is 1. The van der Waals surface area contributed by atoms with Crippen molar-refractivity contribution in [1.82, 2.24) is 9.13 Å². The quantitative estimate of drug-likeness (QED) is 0.854. The fourth-order valence-electron chi connectivity index (χ4n) is 2.17. The van der Waals surface area contributed by atoms with E-state index in [4.69, 9.17) is 4.74 Å². The minimum Gasteiger partial charge on any atom is -0.464 e. The van der Waals surface area contributed by atoms with Crippen LogP contribution >= 0.6 is 0 Å². The number of rotatable bonds is 4. The molecule has 20 heavy (non-hydrogen) atoms. The highest BCUT2D eigenvalue weighted by Crippen LogP contribution is 2.18. The summed E-state index contributed by atoms with van der Waals surface area (Å²) in [6.07, 6.45) is 0. The van der Waals surface area contributed by atoms with E-state index < -0.39 is 6.04 Å². The van der Waals surface area contributed by atoms with Crippen LogP contribution in [0.15, 0.2) is 23.0 Å². The number of hydrogen-bond donors (Lipinski definition) is 1. The van der Waals surface area contributed by atoms with Crippen LogP contribution in [-0.2, 0) is 23.6 Å². The number of hydrogen-bond acceptors (Lipinski definition) is 4. The van der Waals surface area contributed by atoms with Crippen molar-refractivity contribution in [3.8, 4) is 0 Å². The lowest BCUT2D eigenvalue weighted by Gasteiger charge is -2.14. The van der Waals surface area contributed by atoms with Gasteiger partial charge in [0, 0.05) is 19.8 Å². The molecule has 1 N–H and O–H groups in total. The number of benzene rings is 1. The summed E-state index contributed by atoms with van der Waals surface area (Å²) < 4.78 is 8.12. The smallest absolute Gasteiger partial charge is 0.328 e. The number of nitrogens with one attached hydrogen (secondary N) is 1. The first-order chi connectivity index (χ1) is 9.45. The third kappa shape index (κ3) is 2.41. The van der Waals surface area contributed by atoms with Crippen molar-refractivity contribution < 1.29 is 9.53 Å². The number of aromatic nitrogens is 2. The van der Waals surface area contributed by atoms with Crippen molar-refractivity contribution in [2.24, 2.45) is 14.1 Å². The molecule has 1 heterocycles. The number of nitrogens with zero attached hydrogens (tertiary/aromatic N) is 2. The molecule has 108 valence electrons. The van der Waals surface area contributed by atoms with Crippen LogP contribution in [0.2, 0.25) is 0 Å². The molecule has 2 aromatic rings. The first kappa shape index (κ1) is 14.2. The minimum atomic E-state index is -0.437. The minimum absolute atomic E-state index is 0.0735. The van der Waals surface area contributed by atoms with Crippen molar-refractivity contribution in [3.63, 3.8) is 0 Å². The molecule has 2 rings (SSSR count). The average molecular weight is 277 g/mol. The van der Waals surface area contributed by atoms with Gasteiger partial charge < -0.3 is 10.1 Å². The van der Waals surface area contributed by atoms with E-state index in [0.29, 0.717) is 6.61 Å². The van der Waals surface area contributed by atoms with Gasteiger partial charge in [-0.05, 0) is 32.0 Å². The van der Waals surface area contributed by atoms with Crippen LogP contribution in [0.5, 0.6) is 0 Å². The lowest BCUT2D eigenvalue weighted by atomic mass is 10.2. The summed E-state index contributed by atoms with van der Waals surface area (Å²) in [6, 6.07) is 5.12. The molecule has 0 spiro atoms. The van der Waals surface area contributed by atoms with Gasteiger partial charge in [0.25, 0.3) is 0 Å². The van der Waals surface area contributed by atoms with Gasteiger partial charge in [-0.2, -0.15) is 0 Å². The molecule has 0 amide bonds. The Balaban J connectivity index is 2.31. The fraction of sp³-hybridized carbons (Fsp3) is 0.429. The highest BCUT2D eigenvalue weighted by atomic mass is 16.5. The maximum absolute atomic E-state index is 11.8. The molecular formula is C14H19N3O3. The molecular weight excluding hydrogens is 258 g/mol. The fourth-order valence-corrected chi connectivity index (χ4v) is 2.17. The molecule has 1 atom stereocenters. The predicted molar refractivity (Wildman–Crippen MR) is 77.9 cm³/mol. The van der Waals surface area contributed by atoms with E-state index in [9.17, 15) is 9.59 Å². The Morgan fingerprint density at radius 2 is 1.95 bits per heavy atom. The molecule has 1 unspecified atom stereocenters. The highest BCUT2D eigenvalue weighted by molar-refractivity contribution is 5.83. The normalized spacial score (nSPS) is 12.4. The SMILES string of the molecule is CCOC(=O)C(C)Nc1ccc2c(c1)n(C)c(=O)n2C. The number of aryl methyl sites for hydroxylation is 2. The first-order valence-electron chi connectivity index (χ1n) is 6.54. The molecule has 0 fully saturated rings. The summed E-state index contributed by atoms with van der Waals surface area (Å²) in [5.74, 6) is -0.297. The van der Waals surface area contributed by atoms with Crippen LogP contribution in [0.1, 0.15) is 13.8 Å². The van der Waals surface area contributed by atoms with Crippen molar-refractivity contribution >= 4 is 22.7 Å². The van der Waals surface area contributed by atoms with Crippen LogP contribution in [0.3, 0.4) is 0 Å². The summed E-state index contributed by atoms with van der Waals surface area (Å²) in [5.41, 5.74) is 2.38. The standard InChI is InChI=1S/C14H19N3O3/c1-5-20-13(18)9(2)15-10-6-7-11-12(8-10)17(4)14(19)16(11)3/h6-9,15H,5H2,1-4H3. The maximum Gasteiger partial charge on any atom is 0.328 e. The number of carbonyl (C=O) groups excluding carboxylic acids is 1. The Morgan fingerprint density at radius 1 is 1.30 bits per heavy atom. The molecule has 0 aliphatic carbocycles. The van der Waals surface area contributed by atoms with E-state index in [1.807, 2.05) is 18.2 Å². The third-order valence-corrected chi connectivity index (χ3v) is 3.30. The summed E-state index contributed by atoms with van der Waals surface area (Å²) >= 11 is 0. The zero-order valence-electron chi connectivity index (χ0n) is 12.1. The van der Waals surface area contributed by atoms with Gasteiger partial charge in [-0.25, -0.2) is 9.59 Å².